The van der Waals surface area contributed by atoms with E-state index in [2.05, 4.69) is 31.1 Å². The zero-order valence-electron chi connectivity index (χ0n) is 15.9. The molecular weight excluding hydrogens is 464 g/mol. The number of pyridine rings is 1. The molecule has 0 saturated heterocycles. The highest BCUT2D eigenvalue weighted by molar-refractivity contribution is 9.10. The number of hydrogen-bond donors (Lipinski definition) is 1. The molecule has 2 heterocycles. The van der Waals surface area contributed by atoms with Crippen molar-refractivity contribution in [3.05, 3.63) is 83.6 Å². The van der Waals surface area contributed by atoms with Crippen molar-refractivity contribution >= 4 is 27.7 Å². The third kappa shape index (κ3) is 5.08. The Morgan fingerprint density at radius 1 is 1.00 bits per heavy atom. The summed E-state index contributed by atoms with van der Waals surface area (Å²) in [6, 6.07) is 21.2. The molecule has 2 aromatic heterocycles. The Hall–Kier alpha value is -2.68. The second kappa shape index (κ2) is 9.88. The lowest BCUT2D eigenvalue weighted by Gasteiger charge is -2.13. The van der Waals surface area contributed by atoms with Crippen LogP contribution in [0.3, 0.4) is 0 Å². The monoisotopic (exact) mass is 482 g/mol. The van der Waals surface area contributed by atoms with Crippen molar-refractivity contribution < 1.29 is 9.84 Å². The van der Waals surface area contributed by atoms with Crippen molar-refractivity contribution in [2.45, 2.75) is 11.3 Å². The number of ether oxygens (including phenoxy) is 1. The van der Waals surface area contributed by atoms with Gasteiger partial charge in [0.2, 0.25) is 0 Å². The highest BCUT2D eigenvalue weighted by Gasteiger charge is 2.17. The van der Waals surface area contributed by atoms with Crippen molar-refractivity contribution in [2.24, 2.45) is 0 Å². The molecule has 4 aromatic rings. The van der Waals surface area contributed by atoms with E-state index >= 15 is 0 Å². The van der Waals surface area contributed by atoms with E-state index in [1.54, 1.807) is 12.4 Å². The predicted molar refractivity (Wildman–Crippen MR) is 121 cm³/mol. The molecule has 30 heavy (non-hydrogen) atoms. The van der Waals surface area contributed by atoms with Crippen LogP contribution in [-0.4, -0.2) is 43.3 Å². The Bertz CT molecular complexity index is 1080. The van der Waals surface area contributed by atoms with Gasteiger partial charge in [0.15, 0.2) is 11.0 Å². The number of halogens is 1. The molecule has 0 aliphatic heterocycles. The fourth-order valence-corrected chi connectivity index (χ4v) is 3.92. The van der Waals surface area contributed by atoms with Gasteiger partial charge in [0, 0.05) is 33.9 Å². The number of nitrogens with zero attached hydrogens (tertiary/aromatic N) is 4. The van der Waals surface area contributed by atoms with Crippen LogP contribution in [0.4, 0.5) is 0 Å². The van der Waals surface area contributed by atoms with E-state index in [0.717, 1.165) is 15.7 Å². The summed E-state index contributed by atoms with van der Waals surface area (Å²) in [5.74, 6) is 1.85. The van der Waals surface area contributed by atoms with E-state index in [9.17, 15) is 5.11 Å². The molecule has 0 bridgehead atoms. The lowest BCUT2D eigenvalue weighted by Crippen LogP contribution is -2.20. The molecule has 0 radical (unpaired) electrons. The largest absolute Gasteiger partial charge is 0.491 e. The van der Waals surface area contributed by atoms with Crippen molar-refractivity contribution in [1.29, 1.82) is 0 Å². The first kappa shape index (κ1) is 20.6. The minimum Gasteiger partial charge on any atom is -0.491 e. The summed E-state index contributed by atoms with van der Waals surface area (Å²) in [6.07, 6.45) is 2.84. The molecule has 0 aliphatic rings. The normalized spacial score (nSPS) is 11.9. The van der Waals surface area contributed by atoms with Crippen LogP contribution in [0.25, 0.3) is 17.1 Å². The van der Waals surface area contributed by atoms with E-state index < -0.39 is 6.10 Å². The minimum absolute atomic E-state index is 0.198. The summed E-state index contributed by atoms with van der Waals surface area (Å²) in [4.78, 5) is 4.19. The molecule has 0 saturated carbocycles. The first-order valence-corrected chi connectivity index (χ1v) is 11.1. The highest BCUT2D eigenvalue weighted by Crippen LogP contribution is 2.28. The van der Waals surface area contributed by atoms with Gasteiger partial charge in [-0.1, -0.05) is 45.9 Å². The highest BCUT2D eigenvalue weighted by atomic mass is 79.9. The SMILES string of the molecule is O[C@H](COc1ccc(Br)cc1)CSc1nnc(-c2cccnc2)n1-c1ccccc1. The molecule has 2 aromatic carbocycles. The summed E-state index contributed by atoms with van der Waals surface area (Å²) in [6.45, 7) is 0.198. The van der Waals surface area contributed by atoms with E-state index in [-0.39, 0.29) is 6.61 Å². The van der Waals surface area contributed by atoms with Gasteiger partial charge in [-0.05, 0) is 48.5 Å². The summed E-state index contributed by atoms with van der Waals surface area (Å²) in [7, 11) is 0. The van der Waals surface area contributed by atoms with Crippen LogP contribution in [0.1, 0.15) is 0 Å². The zero-order chi connectivity index (χ0) is 20.8. The third-order valence-electron chi connectivity index (χ3n) is 4.23. The Morgan fingerprint density at radius 3 is 2.53 bits per heavy atom. The van der Waals surface area contributed by atoms with E-state index in [1.807, 2.05) is 71.3 Å². The second-order valence-electron chi connectivity index (χ2n) is 6.45. The van der Waals surface area contributed by atoms with Crippen LogP contribution in [0.5, 0.6) is 5.75 Å². The van der Waals surface area contributed by atoms with E-state index in [1.165, 1.54) is 11.8 Å². The predicted octanol–water partition coefficient (Wildman–Crippen LogP) is 4.62. The van der Waals surface area contributed by atoms with Gasteiger partial charge >= 0.3 is 0 Å². The summed E-state index contributed by atoms with van der Waals surface area (Å²) in [5, 5.41) is 19.8. The zero-order valence-corrected chi connectivity index (χ0v) is 18.3. The van der Waals surface area contributed by atoms with Gasteiger partial charge in [0.1, 0.15) is 12.4 Å². The maximum atomic E-state index is 10.4. The Balaban J connectivity index is 1.48. The number of para-hydroxylation sites is 1. The van der Waals surface area contributed by atoms with Gasteiger partial charge in [-0.25, -0.2) is 0 Å². The van der Waals surface area contributed by atoms with E-state index in [4.69, 9.17) is 4.74 Å². The molecule has 0 spiro atoms. The molecule has 8 heteroatoms. The van der Waals surface area contributed by atoms with E-state index in [0.29, 0.717) is 22.5 Å². The van der Waals surface area contributed by atoms with Crippen LogP contribution in [0.2, 0.25) is 0 Å². The molecule has 0 unspecified atom stereocenters. The lowest BCUT2D eigenvalue weighted by molar-refractivity contribution is 0.126. The number of aliphatic hydroxyl groups is 1. The van der Waals surface area contributed by atoms with Crippen LogP contribution in [-0.2, 0) is 0 Å². The van der Waals surface area contributed by atoms with Crippen molar-refractivity contribution in [2.75, 3.05) is 12.4 Å². The van der Waals surface area contributed by atoms with Crippen LogP contribution in [0.15, 0.2) is 88.8 Å². The Kier molecular flexibility index (Phi) is 6.78. The Labute approximate surface area is 187 Å². The summed E-state index contributed by atoms with van der Waals surface area (Å²) >= 11 is 4.83. The molecule has 1 N–H and O–H groups in total. The average molecular weight is 483 g/mol. The van der Waals surface area contributed by atoms with Crippen LogP contribution < -0.4 is 4.74 Å². The first-order chi connectivity index (χ1) is 14.7. The average Bonchev–Trinajstić information content (AvgIpc) is 3.22. The molecule has 4 rings (SSSR count). The van der Waals surface area contributed by atoms with Crippen LogP contribution >= 0.6 is 27.7 Å². The minimum atomic E-state index is -0.651. The number of benzene rings is 2. The molecule has 6 nitrogen and oxygen atoms in total. The number of aliphatic hydroxyl groups excluding tert-OH is 1. The van der Waals surface area contributed by atoms with Gasteiger partial charge in [0.25, 0.3) is 0 Å². The standard InChI is InChI=1S/C22H19BrN4O2S/c23-17-8-10-20(11-9-17)29-14-19(28)15-30-22-26-25-21(16-5-4-12-24-13-16)27(22)18-6-2-1-3-7-18/h1-13,19,28H,14-15H2/t19-/m1/s1. The molecule has 0 fully saturated rings. The number of thioether (sulfide) groups is 1. The van der Waals surface area contributed by atoms with Crippen molar-refractivity contribution in [3.63, 3.8) is 0 Å². The Morgan fingerprint density at radius 2 is 1.80 bits per heavy atom. The molecule has 152 valence electrons. The number of aromatic nitrogens is 4. The lowest BCUT2D eigenvalue weighted by atomic mass is 10.2. The second-order valence-corrected chi connectivity index (χ2v) is 8.35. The first-order valence-electron chi connectivity index (χ1n) is 9.31. The van der Waals surface area contributed by atoms with Gasteiger partial charge in [0.05, 0.1) is 6.10 Å². The fraction of sp³-hybridized carbons (Fsp3) is 0.136. The number of rotatable bonds is 8. The molecular formula is C22H19BrN4O2S. The van der Waals surface area contributed by atoms with Crippen LogP contribution in [0, 0.1) is 0 Å². The fourth-order valence-electron chi connectivity index (χ4n) is 2.80. The quantitative estimate of drug-likeness (QED) is 0.369. The number of hydrogen-bond acceptors (Lipinski definition) is 6. The molecule has 0 amide bonds. The third-order valence-corrected chi connectivity index (χ3v) is 5.83. The van der Waals surface area contributed by atoms with Gasteiger partial charge in [-0.2, -0.15) is 0 Å². The summed E-state index contributed by atoms with van der Waals surface area (Å²) in [5.41, 5.74) is 1.82. The maximum Gasteiger partial charge on any atom is 0.196 e. The van der Waals surface area contributed by atoms with Gasteiger partial charge < -0.3 is 9.84 Å². The maximum absolute atomic E-state index is 10.4. The molecule has 0 aliphatic carbocycles. The topological polar surface area (TPSA) is 73.1 Å². The summed E-state index contributed by atoms with van der Waals surface area (Å²) < 4.78 is 8.62. The molecule has 1 atom stereocenters. The smallest absolute Gasteiger partial charge is 0.196 e. The van der Waals surface area contributed by atoms with Gasteiger partial charge in [-0.3, -0.25) is 9.55 Å². The van der Waals surface area contributed by atoms with Crippen molar-refractivity contribution in [3.8, 4) is 22.8 Å². The van der Waals surface area contributed by atoms with Gasteiger partial charge in [-0.15, -0.1) is 10.2 Å². The van der Waals surface area contributed by atoms with Crippen molar-refractivity contribution in [1.82, 2.24) is 19.7 Å².